The molecule has 0 saturated carbocycles. The van der Waals surface area contributed by atoms with Gasteiger partial charge in [0.05, 0.1) is 0 Å². The van der Waals surface area contributed by atoms with Crippen LogP contribution in [0.15, 0.2) is 24.3 Å². The van der Waals surface area contributed by atoms with E-state index in [1.165, 1.54) is 17.0 Å². The Morgan fingerprint density at radius 2 is 2.12 bits per heavy atom. The zero-order valence-corrected chi connectivity index (χ0v) is 12.7. The molecule has 0 unspecified atom stereocenters. The van der Waals surface area contributed by atoms with E-state index in [0.717, 1.165) is 0 Å². The number of urea groups is 1. The van der Waals surface area contributed by atoms with Gasteiger partial charge in [-0.25, -0.2) is 4.79 Å². The molecule has 1 aliphatic rings. The van der Waals surface area contributed by atoms with Gasteiger partial charge in [-0.2, -0.15) is 13.2 Å². The van der Waals surface area contributed by atoms with Gasteiger partial charge in [-0.1, -0.05) is 17.4 Å². The van der Waals surface area contributed by atoms with Crippen molar-refractivity contribution in [3.8, 4) is 0 Å². The first-order valence-corrected chi connectivity index (χ1v) is 7.54. The number of amides is 3. The average Bonchev–Trinajstić information content (AvgIpc) is 3.16. The highest BCUT2D eigenvalue weighted by Crippen LogP contribution is 2.33. The fourth-order valence-electron chi connectivity index (χ4n) is 2.09. The van der Waals surface area contributed by atoms with E-state index in [0.29, 0.717) is 18.8 Å². The van der Waals surface area contributed by atoms with Crippen molar-refractivity contribution in [1.82, 2.24) is 15.5 Å². The molecule has 2 N–H and O–H groups in total. The van der Waals surface area contributed by atoms with Gasteiger partial charge in [0.15, 0.2) is 0 Å². The summed E-state index contributed by atoms with van der Waals surface area (Å²) >= 11 is 0.239. The lowest BCUT2D eigenvalue weighted by atomic mass is 10.2. The summed E-state index contributed by atoms with van der Waals surface area (Å²) in [4.78, 5) is 25.2. The summed E-state index contributed by atoms with van der Waals surface area (Å²) in [7, 11) is 0. The van der Waals surface area contributed by atoms with Crippen LogP contribution in [0.2, 0.25) is 0 Å². The lowest BCUT2D eigenvalue weighted by molar-refractivity contribution is -0.138. The lowest BCUT2D eigenvalue weighted by Gasteiger charge is -2.14. The second kappa shape index (κ2) is 6.07. The Hall–Kier alpha value is -2.69. The normalized spacial score (nSPS) is 14.6. The van der Waals surface area contributed by atoms with Crippen LogP contribution in [-0.2, 0) is 6.18 Å². The number of hydrogen-bond donors (Lipinski definition) is 2. The molecule has 3 amide bonds. The van der Waals surface area contributed by atoms with E-state index >= 15 is 0 Å². The topological polar surface area (TPSA) is 87.2 Å². The number of alkyl halides is 3. The molecule has 7 nitrogen and oxygen atoms in total. The van der Waals surface area contributed by atoms with Crippen molar-refractivity contribution in [3.05, 3.63) is 34.8 Å². The molecule has 11 heteroatoms. The van der Waals surface area contributed by atoms with Crippen LogP contribution in [0.3, 0.4) is 0 Å². The number of nitrogens with zero attached hydrogens (tertiary/aromatic N) is 3. The molecule has 0 spiro atoms. The van der Waals surface area contributed by atoms with Crippen molar-refractivity contribution in [1.29, 1.82) is 0 Å². The van der Waals surface area contributed by atoms with Crippen molar-refractivity contribution in [2.45, 2.75) is 6.18 Å². The number of anilines is 2. The SMILES string of the molecule is O=C(Nc1nnc(C(F)(F)F)s1)c1cccc(N2CCNC2=O)c1. The Morgan fingerprint density at radius 1 is 1.33 bits per heavy atom. The van der Waals surface area contributed by atoms with Crippen LogP contribution in [0.25, 0.3) is 0 Å². The second-order valence-electron chi connectivity index (χ2n) is 4.80. The van der Waals surface area contributed by atoms with Crippen molar-refractivity contribution < 1.29 is 22.8 Å². The summed E-state index contributed by atoms with van der Waals surface area (Å²) < 4.78 is 37.4. The number of carbonyl (C=O) groups is 2. The Labute approximate surface area is 137 Å². The van der Waals surface area contributed by atoms with Crippen molar-refractivity contribution in [2.24, 2.45) is 0 Å². The molecule has 0 bridgehead atoms. The van der Waals surface area contributed by atoms with E-state index in [9.17, 15) is 22.8 Å². The minimum absolute atomic E-state index is 0.191. The highest BCUT2D eigenvalue weighted by molar-refractivity contribution is 7.15. The number of nitrogens with one attached hydrogen (secondary N) is 2. The van der Waals surface area contributed by atoms with Crippen molar-refractivity contribution in [2.75, 3.05) is 23.3 Å². The largest absolute Gasteiger partial charge is 0.445 e. The minimum Gasteiger partial charge on any atom is -0.336 e. The average molecular weight is 357 g/mol. The molecule has 3 rings (SSSR count). The van der Waals surface area contributed by atoms with Gasteiger partial charge in [0.25, 0.3) is 5.91 Å². The van der Waals surface area contributed by atoms with Gasteiger partial charge in [0.1, 0.15) is 0 Å². The van der Waals surface area contributed by atoms with E-state index in [1.54, 1.807) is 12.1 Å². The van der Waals surface area contributed by atoms with Gasteiger partial charge < -0.3 is 5.32 Å². The van der Waals surface area contributed by atoms with Crippen molar-refractivity contribution in [3.63, 3.8) is 0 Å². The van der Waals surface area contributed by atoms with E-state index in [-0.39, 0.29) is 28.1 Å². The first-order chi connectivity index (χ1) is 11.3. The zero-order valence-electron chi connectivity index (χ0n) is 11.9. The number of halogens is 3. The van der Waals surface area contributed by atoms with E-state index in [1.807, 2.05) is 0 Å². The van der Waals surface area contributed by atoms with Gasteiger partial charge in [-0.15, -0.1) is 10.2 Å². The highest BCUT2D eigenvalue weighted by atomic mass is 32.1. The first-order valence-electron chi connectivity index (χ1n) is 6.72. The van der Waals surface area contributed by atoms with Gasteiger partial charge in [0.2, 0.25) is 10.1 Å². The molecule has 1 aromatic carbocycles. The zero-order chi connectivity index (χ0) is 17.3. The molecule has 0 atom stereocenters. The molecular formula is C13H10F3N5O2S. The van der Waals surface area contributed by atoms with Crippen LogP contribution >= 0.6 is 11.3 Å². The van der Waals surface area contributed by atoms with Crippen LogP contribution in [0.5, 0.6) is 0 Å². The summed E-state index contributed by atoms with van der Waals surface area (Å²) in [6.45, 7) is 0.968. The minimum atomic E-state index is -4.61. The van der Waals surface area contributed by atoms with E-state index in [4.69, 9.17) is 0 Å². The van der Waals surface area contributed by atoms with Crippen LogP contribution in [0, 0.1) is 0 Å². The second-order valence-corrected chi connectivity index (χ2v) is 5.78. The molecule has 1 aromatic heterocycles. The molecule has 2 heterocycles. The Bertz CT molecular complexity index is 792. The smallest absolute Gasteiger partial charge is 0.336 e. The van der Waals surface area contributed by atoms with Gasteiger partial charge in [-0.05, 0) is 18.2 Å². The fourth-order valence-corrected chi connectivity index (χ4v) is 2.70. The quantitative estimate of drug-likeness (QED) is 0.883. The van der Waals surface area contributed by atoms with Crippen LogP contribution in [0.4, 0.5) is 28.8 Å². The summed E-state index contributed by atoms with van der Waals surface area (Å²) in [5, 5.41) is 9.81. The molecular weight excluding hydrogens is 347 g/mol. The van der Waals surface area contributed by atoms with Gasteiger partial charge >= 0.3 is 12.2 Å². The Morgan fingerprint density at radius 3 is 2.75 bits per heavy atom. The summed E-state index contributed by atoms with van der Waals surface area (Å²) in [5.41, 5.74) is 0.710. The third kappa shape index (κ3) is 3.30. The summed E-state index contributed by atoms with van der Waals surface area (Å²) in [5.74, 6) is -0.638. The van der Waals surface area contributed by atoms with Gasteiger partial charge in [-0.3, -0.25) is 15.0 Å². The monoisotopic (exact) mass is 357 g/mol. The predicted octanol–water partition coefficient (Wildman–Crippen LogP) is 2.34. The van der Waals surface area contributed by atoms with E-state index < -0.39 is 17.1 Å². The maximum atomic E-state index is 12.5. The molecule has 24 heavy (non-hydrogen) atoms. The van der Waals surface area contributed by atoms with Gasteiger partial charge in [0, 0.05) is 24.3 Å². The van der Waals surface area contributed by atoms with Crippen molar-refractivity contribution >= 4 is 34.1 Å². The Balaban J connectivity index is 1.76. The third-order valence-electron chi connectivity index (χ3n) is 3.16. The molecule has 126 valence electrons. The van der Waals surface area contributed by atoms with E-state index in [2.05, 4.69) is 20.8 Å². The number of rotatable bonds is 3. The molecule has 1 fully saturated rings. The number of carbonyl (C=O) groups excluding carboxylic acids is 2. The molecule has 2 aromatic rings. The third-order valence-corrected chi connectivity index (χ3v) is 4.05. The summed E-state index contributed by atoms with van der Waals surface area (Å²) in [6, 6.07) is 5.93. The maximum absolute atomic E-state index is 12.5. The molecule has 0 radical (unpaired) electrons. The first kappa shape index (κ1) is 16.2. The maximum Gasteiger partial charge on any atom is 0.445 e. The molecule has 0 aliphatic carbocycles. The number of aromatic nitrogens is 2. The number of benzene rings is 1. The Kier molecular flexibility index (Phi) is 4.09. The van der Waals surface area contributed by atoms with Crippen LogP contribution in [-0.4, -0.2) is 35.2 Å². The molecule has 1 aliphatic heterocycles. The highest BCUT2D eigenvalue weighted by Gasteiger charge is 2.35. The van der Waals surface area contributed by atoms with Crippen LogP contribution in [0.1, 0.15) is 15.4 Å². The summed E-state index contributed by atoms with van der Waals surface area (Å²) in [6.07, 6.45) is -4.61. The molecule has 1 saturated heterocycles. The standard InChI is InChI=1S/C13H10F3N5O2S/c14-13(15,16)10-19-20-11(24-10)18-9(22)7-2-1-3-8(6-7)21-5-4-17-12(21)23/h1-3,6H,4-5H2,(H,17,23)(H,18,20,22). The fraction of sp³-hybridized carbons (Fsp3) is 0.231. The van der Waals surface area contributed by atoms with Crippen LogP contribution < -0.4 is 15.5 Å². The lowest BCUT2D eigenvalue weighted by Crippen LogP contribution is -2.27. The predicted molar refractivity (Wildman–Crippen MR) is 80.1 cm³/mol. The number of hydrogen-bond acceptors (Lipinski definition) is 5.